The maximum absolute atomic E-state index is 2.54. The summed E-state index contributed by atoms with van der Waals surface area (Å²) < 4.78 is 0. The summed E-state index contributed by atoms with van der Waals surface area (Å²) in [6, 6.07) is 103. The molecule has 0 N–H and O–H groups in total. The molecule has 76 heavy (non-hydrogen) atoms. The average Bonchev–Trinajstić information content (AvgIpc) is 4.00. The first-order chi connectivity index (χ1) is 37.2. The SMILES string of the molecule is CC(C)c1ccc(C2(c3ccc(-c4ccccc4)cc3)c3ccccc3-c3ccc(N(c4ccc5c(c4)C(c4ccccc4)(c4ccc(C(C)(C)C)cc4)c4ccccc4-5)c4ccccc4-c4ccccc4)cc32)cc1. The van der Waals surface area contributed by atoms with Crippen LogP contribution in [0.4, 0.5) is 17.1 Å². The Morgan fingerprint density at radius 2 is 0.697 bits per heavy atom. The lowest BCUT2D eigenvalue weighted by Gasteiger charge is -2.36. The fourth-order valence-corrected chi connectivity index (χ4v) is 12.9. The van der Waals surface area contributed by atoms with Crippen LogP contribution >= 0.6 is 0 Å². The molecule has 0 bridgehead atoms. The Labute approximate surface area is 449 Å². The number of fused-ring (bicyclic) bond motifs is 6. The van der Waals surface area contributed by atoms with E-state index in [1.165, 1.54) is 94.6 Å². The lowest BCUT2D eigenvalue weighted by atomic mass is 9.67. The summed E-state index contributed by atoms with van der Waals surface area (Å²) in [6.45, 7) is 11.5. The lowest BCUT2D eigenvalue weighted by molar-refractivity contribution is 0.589. The summed E-state index contributed by atoms with van der Waals surface area (Å²) >= 11 is 0. The quantitative estimate of drug-likeness (QED) is 0.132. The van der Waals surface area contributed by atoms with E-state index < -0.39 is 10.8 Å². The second-order valence-corrected chi connectivity index (χ2v) is 22.2. The minimum Gasteiger partial charge on any atom is -0.310 e. The van der Waals surface area contributed by atoms with Gasteiger partial charge in [-0.25, -0.2) is 0 Å². The highest BCUT2D eigenvalue weighted by atomic mass is 15.1. The monoisotopic (exact) mass is 975 g/mol. The number of rotatable bonds is 10. The highest BCUT2D eigenvalue weighted by Gasteiger charge is 2.48. The number of anilines is 3. The number of hydrogen-bond acceptors (Lipinski definition) is 1. The van der Waals surface area contributed by atoms with Gasteiger partial charge in [0.05, 0.1) is 16.5 Å². The summed E-state index contributed by atoms with van der Waals surface area (Å²) in [4.78, 5) is 2.54. The molecule has 0 fully saturated rings. The molecule has 366 valence electrons. The van der Waals surface area contributed by atoms with Crippen LogP contribution in [0, 0.1) is 0 Å². The van der Waals surface area contributed by atoms with Crippen molar-refractivity contribution in [1.82, 2.24) is 0 Å². The molecule has 0 saturated heterocycles. The molecular weight excluding hydrogens is 915 g/mol. The zero-order valence-electron chi connectivity index (χ0n) is 44.0. The van der Waals surface area contributed by atoms with Gasteiger partial charge in [-0.05, 0) is 136 Å². The van der Waals surface area contributed by atoms with Crippen molar-refractivity contribution in [3.05, 3.63) is 329 Å². The van der Waals surface area contributed by atoms with Crippen LogP contribution in [0.3, 0.4) is 0 Å². The number of para-hydroxylation sites is 1. The standard InChI is InChI=1S/C75H61N/c1-51(2)52-33-37-58(38-34-52)75(59-39-35-54(36-40-59)53-21-9-6-10-22-53)69-31-19-16-29-65(69)67-48-46-62(50-71(67)75)76(72-32-20-17-27-63(72)55-23-11-7-12-24-55)61-45-47-66-64-28-15-18-30-68(64)74(70(66)49-61,57-25-13-8-14-26-57)60-43-41-56(42-44-60)73(3,4)5/h6-51H,1-5H3. The Bertz CT molecular complexity index is 3900. The Morgan fingerprint density at radius 1 is 0.316 bits per heavy atom. The minimum absolute atomic E-state index is 0.0156. The number of nitrogens with zero attached hydrogens (tertiary/aromatic N) is 1. The highest BCUT2D eigenvalue weighted by molar-refractivity contribution is 5.95. The van der Waals surface area contributed by atoms with Gasteiger partial charge in [0.25, 0.3) is 0 Å². The van der Waals surface area contributed by atoms with E-state index >= 15 is 0 Å². The topological polar surface area (TPSA) is 3.24 Å². The van der Waals surface area contributed by atoms with E-state index in [0.717, 1.165) is 22.6 Å². The predicted molar refractivity (Wildman–Crippen MR) is 319 cm³/mol. The van der Waals surface area contributed by atoms with Crippen LogP contribution in [0.1, 0.15) is 96.2 Å². The molecule has 0 aromatic heterocycles. The van der Waals surface area contributed by atoms with Crippen LogP contribution in [-0.2, 0) is 16.2 Å². The molecule has 13 rings (SSSR count). The van der Waals surface area contributed by atoms with Crippen molar-refractivity contribution >= 4 is 17.1 Å². The van der Waals surface area contributed by atoms with Crippen molar-refractivity contribution < 1.29 is 0 Å². The molecule has 2 aliphatic carbocycles. The molecule has 0 radical (unpaired) electrons. The molecule has 0 aliphatic heterocycles. The fourth-order valence-electron chi connectivity index (χ4n) is 12.9. The van der Waals surface area contributed by atoms with Gasteiger partial charge in [0, 0.05) is 16.9 Å². The van der Waals surface area contributed by atoms with E-state index in [1.807, 2.05) is 0 Å². The Kier molecular flexibility index (Phi) is 11.5. The van der Waals surface area contributed by atoms with Crippen molar-refractivity contribution in [3.8, 4) is 44.5 Å². The first kappa shape index (κ1) is 47.0. The van der Waals surface area contributed by atoms with Crippen LogP contribution in [0.25, 0.3) is 44.5 Å². The zero-order chi connectivity index (χ0) is 51.6. The zero-order valence-corrected chi connectivity index (χ0v) is 44.0. The molecule has 0 spiro atoms. The van der Waals surface area contributed by atoms with Crippen LogP contribution in [0.2, 0.25) is 0 Å². The van der Waals surface area contributed by atoms with Crippen LogP contribution in [-0.4, -0.2) is 0 Å². The van der Waals surface area contributed by atoms with Gasteiger partial charge in [-0.15, -0.1) is 0 Å². The highest BCUT2D eigenvalue weighted by Crippen LogP contribution is 2.60. The Morgan fingerprint density at radius 3 is 1.20 bits per heavy atom. The second kappa shape index (κ2) is 18.6. The fraction of sp³-hybridized carbons (Fsp3) is 0.120. The Hall–Kier alpha value is -8.78. The van der Waals surface area contributed by atoms with E-state index in [0.29, 0.717) is 5.92 Å². The molecule has 0 heterocycles. The largest absolute Gasteiger partial charge is 0.310 e. The molecule has 0 saturated carbocycles. The molecule has 1 nitrogen and oxygen atoms in total. The van der Waals surface area contributed by atoms with Gasteiger partial charge in [-0.1, -0.05) is 277 Å². The molecule has 2 aliphatic rings. The van der Waals surface area contributed by atoms with E-state index in [1.54, 1.807) is 0 Å². The first-order valence-electron chi connectivity index (χ1n) is 27.0. The molecule has 0 amide bonds. The normalized spacial score (nSPS) is 16.2. The van der Waals surface area contributed by atoms with Crippen molar-refractivity contribution in [2.75, 3.05) is 4.90 Å². The van der Waals surface area contributed by atoms with Gasteiger partial charge in [0.15, 0.2) is 0 Å². The molecule has 2 unspecified atom stereocenters. The molecule has 11 aromatic carbocycles. The van der Waals surface area contributed by atoms with Crippen LogP contribution in [0.5, 0.6) is 0 Å². The third-order valence-electron chi connectivity index (χ3n) is 16.6. The summed E-state index contributed by atoms with van der Waals surface area (Å²) in [6.07, 6.45) is 0. The van der Waals surface area contributed by atoms with E-state index in [4.69, 9.17) is 0 Å². The maximum Gasteiger partial charge on any atom is 0.0714 e. The average molecular weight is 976 g/mol. The molecular formula is C75H61N. The van der Waals surface area contributed by atoms with E-state index in [-0.39, 0.29) is 5.41 Å². The van der Waals surface area contributed by atoms with E-state index in [2.05, 4.69) is 313 Å². The van der Waals surface area contributed by atoms with Crippen LogP contribution < -0.4 is 4.90 Å². The molecule has 11 aromatic rings. The van der Waals surface area contributed by atoms with Crippen molar-refractivity contribution in [2.24, 2.45) is 0 Å². The van der Waals surface area contributed by atoms with Crippen molar-refractivity contribution in [1.29, 1.82) is 0 Å². The second-order valence-electron chi connectivity index (χ2n) is 22.2. The molecule has 1 heteroatoms. The summed E-state index contributed by atoms with van der Waals surface area (Å²) in [5.74, 6) is 0.409. The van der Waals surface area contributed by atoms with E-state index in [9.17, 15) is 0 Å². The van der Waals surface area contributed by atoms with Gasteiger partial charge in [-0.2, -0.15) is 0 Å². The van der Waals surface area contributed by atoms with Crippen molar-refractivity contribution in [3.63, 3.8) is 0 Å². The van der Waals surface area contributed by atoms with Crippen LogP contribution in [0.15, 0.2) is 273 Å². The lowest BCUT2D eigenvalue weighted by Crippen LogP contribution is -2.29. The smallest absolute Gasteiger partial charge is 0.0714 e. The number of benzene rings is 11. The number of hydrogen-bond donors (Lipinski definition) is 0. The Balaban J connectivity index is 1.09. The summed E-state index contributed by atoms with van der Waals surface area (Å²) in [5.41, 5.74) is 24.7. The van der Waals surface area contributed by atoms with Gasteiger partial charge in [0.1, 0.15) is 0 Å². The van der Waals surface area contributed by atoms with Gasteiger partial charge in [0.2, 0.25) is 0 Å². The van der Waals surface area contributed by atoms with Crippen molar-refractivity contribution in [2.45, 2.75) is 56.8 Å². The maximum atomic E-state index is 2.54. The summed E-state index contributed by atoms with van der Waals surface area (Å²) in [7, 11) is 0. The van der Waals surface area contributed by atoms with Gasteiger partial charge >= 0.3 is 0 Å². The van der Waals surface area contributed by atoms with Gasteiger partial charge in [-0.3, -0.25) is 0 Å². The third-order valence-corrected chi connectivity index (χ3v) is 16.6. The molecule has 2 atom stereocenters. The third kappa shape index (κ3) is 7.43. The predicted octanol–water partition coefficient (Wildman–Crippen LogP) is 19.6. The summed E-state index contributed by atoms with van der Waals surface area (Å²) in [5, 5.41) is 0. The first-order valence-corrected chi connectivity index (χ1v) is 27.0. The minimum atomic E-state index is -0.626. The van der Waals surface area contributed by atoms with Gasteiger partial charge < -0.3 is 4.90 Å².